The summed E-state index contributed by atoms with van der Waals surface area (Å²) in [7, 11) is 0. The number of likely N-dealkylation sites (tertiary alicyclic amines) is 1. The van der Waals surface area contributed by atoms with Crippen LogP contribution < -0.4 is 0 Å². The Morgan fingerprint density at radius 1 is 1.19 bits per heavy atom. The molecule has 1 heterocycles. The largest absolute Gasteiger partial charge is 0.508 e. The number of piperidine rings is 1. The van der Waals surface area contributed by atoms with Gasteiger partial charge in [-0.3, -0.25) is 4.90 Å². The highest BCUT2D eigenvalue weighted by Gasteiger charge is 2.17. The van der Waals surface area contributed by atoms with Crippen LogP contribution in [-0.4, -0.2) is 42.9 Å². The van der Waals surface area contributed by atoms with Gasteiger partial charge in [-0.15, -0.1) is 0 Å². The Balaban J connectivity index is 2.08. The van der Waals surface area contributed by atoms with E-state index in [1.807, 2.05) is 20.8 Å². The van der Waals surface area contributed by atoms with Crippen molar-refractivity contribution in [1.82, 2.24) is 4.90 Å². The van der Waals surface area contributed by atoms with Gasteiger partial charge in [0.25, 0.3) is 0 Å². The lowest BCUT2D eigenvalue weighted by molar-refractivity contribution is -0.0107. The first-order chi connectivity index (χ1) is 7.47. The molecule has 0 saturated carbocycles. The summed E-state index contributed by atoms with van der Waals surface area (Å²) >= 11 is 0. The van der Waals surface area contributed by atoms with Crippen molar-refractivity contribution in [2.24, 2.45) is 0 Å². The molecule has 0 N–H and O–H groups in total. The van der Waals surface area contributed by atoms with Gasteiger partial charge in [-0.05, 0) is 46.7 Å². The molecular formula is C12H23NO3. The van der Waals surface area contributed by atoms with Crippen LogP contribution >= 0.6 is 0 Å². The zero-order valence-electron chi connectivity index (χ0n) is 10.6. The monoisotopic (exact) mass is 229 g/mol. The fraction of sp³-hybridized carbons (Fsp3) is 0.917. The van der Waals surface area contributed by atoms with Crippen LogP contribution in [0.3, 0.4) is 0 Å². The second kappa shape index (κ2) is 6.09. The van der Waals surface area contributed by atoms with E-state index in [-0.39, 0.29) is 0 Å². The van der Waals surface area contributed by atoms with Crippen LogP contribution in [0.1, 0.15) is 40.0 Å². The molecule has 0 bridgehead atoms. The molecule has 1 aliphatic rings. The van der Waals surface area contributed by atoms with Gasteiger partial charge in [-0.25, -0.2) is 4.79 Å². The van der Waals surface area contributed by atoms with Crippen LogP contribution in [0.25, 0.3) is 0 Å². The summed E-state index contributed by atoms with van der Waals surface area (Å²) in [5, 5.41) is 0. The zero-order valence-corrected chi connectivity index (χ0v) is 10.6. The molecule has 4 heteroatoms. The number of hydrogen-bond acceptors (Lipinski definition) is 4. The molecule has 0 aromatic carbocycles. The maximum atomic E-state index is 11.2. The summed E-state index contributed by atoms with van der Waals surface area (Å²) in [6.45, 7) is 8.99. The van der Waals surface area contributed by atoms with E-state index in [1.54, 1.807) is 0 Å². The Kier molecular flexibility index (Phi) is 5.06. The molecule has 0 unspecified atom stereocenters. The molecule has 1 aliphatic heterocycles. The molecule has 0 aromatic rings. The first-order valence-electron chi connectivity index (χ1n) is 6.05. The van der Waals surface area contributed by atoms with E-state index >= 15 is 0 Å². The van der Waals surface area contributed by atoms with Crippen LogP contribution in [0.5, 0.6) is 0 Å². The number of carbonyl (C=O) groups is 1. The van der Waals surface area contributed by atoms with E-state index in [2.05, 4.69) is 4.90 Å². The summed E-state index contributed by atoms with van der Waals surface area (Å²) in [6, 6.07) is 0. The third-order valence-electron chi connectivity index (χ3n) is 2.47. The minimum atomic E-state index is -0.565. The Labute approximate surface area is 97.9 Å². The van der Waals surface area contributed by atoms with Gasteiger partial charge in [0.15, 0.2) is 0 Å². The summed E-state index contributed by atoms with van der Waals surface area (Å²) in [5.41, 5.74) is -0.470. The summed E-state index contributed by atoms with van der Waals surface area (Å²) in [4.78, 5) is 13.6. The number of rotatable bonds is 3. The van der Waals surface area contributed by atoms with E-state index < -0.39 is 11.8 Å². The van der Waals surface area contributed by atoms with E-state index in [1.165, 1.54) is 19.3 Å². The minimum absolute atomic E-state index is 0.426. The molecule has 1 saturated heterocycles. The first kappa shape index (κ1) is 13.3. The number of ether oxygens (including phenoxy) is 2. The van der Waals surface area contributed by atoms with Gasteiger partial charge in [0.1, 0.15) is 12.2 Å². The van der Waals surface area contributed by atoms with Crippen molar-refractivity contribution in [2.75, 3.05) is 26.2 Å². The summed E-state index contributed by atoms with van der Waals surface area (Å²) in [5.74, 6) is 0. The molecule has 0 aliphatic carbocycles. The van der Waals surface area contributed by atoms with Crippen LogP contribution in [0.4, 0.5) is 4.79 Å². The lowest BCUT2D eigenvalue weighted by Crippen LogP contribution is -2.33. The minimum Gasteiger partial charge on any atom is -0.433 e. The highest BCUT2D eigenvalue weighted by atomic mass is 16.7. The Morgan fingerprint density at radius 2 is 1.81 bits per heavy atom. The lowest BCUT2D eigenvalue weighted by atomic mass is 10.1. The van der Waals surface area contributed by atoms with E-state index in [4.69, 9.17) is 9.47 Å². The molecule has 4 nitrogen and oxygen atoms in total. The summed E-state index contributed by atoms with van der Waals surface area (Å²) in [6.07, 6.45) is 3.27. The average Bonchev–Trinajstić information content (AvgIpc) is 2.16. The maximum absolute atomic E-state index is 11.2. The number of nitrogens with zero attached hydrogens (tertiary/aromatic N) is 1. The molecule has 0 amide bonds. The number of carbonyl (C=O) groups excluding carboxylic acids is 1. The lowest BCUT2D eigenvalue weighted by Gasteiger charge is -2.26. The smallest absolute Gasteiger partial charge is 0.433 e. The molecular weight excluding hydrogens is 206 g/mol. The van der Waals surface area contributed by atoms with Crippen molar-refractivity contribution in [3.8, 4) is 0 Å². The third-order valence-corrected chi connectivity index (χ3v) is 2.47. The highest BCUT2D eigenvalue weighted by molar-refractivity contribution is 5.60. The predicted molar refractivity (Wildman–Crippen MR) is 62.5 cm³/mol. The van der Waals surface area contributed by atoms with Crippen LogP contribution in [0.2, 0.25) is 0 Å². The van der Waals surface area contributed by atoms with Crippen LogP contribution in [0.15, 0.2) is 0 Å². The molecule has 94 valence electrons. The van der Waals surface area contributed by atoms with Crippen LogP contribution in [-0.2, 0) is 9.47 Å². The Hall–Kier alpha value is -0.770. The van der Waals surface area contributed by atoms with Crippen molar-refractivity contribution >= 4 is 6.16 Å². The van der Waals surface area contributed by atoms with Crippen molar-refractivity contribution < 1.29 is 14.3 Å². The van der Waals surface area contributed by atoms with Crippen LogP contribution in [0, 0.1) is 0 Å². The normalized spacial score (nSPS) is 18.2. The fourth-order valence-corrected chi connectivity index (χ4v) is 1.72. The average molecular weight is 229 g/mol. The SMILES string of the molecule is CC(C)(C)OC(=O)OCCN1CCCCC1. The fourth-order valence-electron chi connectivity index (χ4n) is 1.72. The van der Waals surface area contributed by atoms with Crippen molar-refractivity contribution in [3.05, 3.63) is 0 Å². The molecule has 0 spiro atoms. The molecule has 0 radical (unpaired) electrons. The van der Waals surface area contributed by atoms with Gasteiger partial charge in [-0.2, -0.15) is 0 Å². The van der Waals surface area contributed by atoms with Gasteiger partial charge in [0.05, 0.1) is 0 Å². The van der Waals surface area contributed by atoms with Gasteiger partial charge >= 0.3 is 6.16 Å². The molecule has 1 rings (SSSR count). The number of hydrogen-bond donors (Lipinski definition) is 0. The van der Waals surface area contributed by atoms with Gasteiger partial charge in [-0.1, -0.05) is 6.42 Å². The Bertz CT molecular complexity index is 217. The van der Waals surface area contributed by atoms with E-state index in [0.29, 0.717) is 6.61 Å². The first-order valence-corrected chi connectivity index (χ1v) is 6.05. The zero-order chi connectivity index (χ0) is 12.0. The van der Waals surface area contributed by atoms with Gasteiger partial charge < -0.3 is 9.47 Å². The summed E-state index contributed by atoms with van der Waals surface area (Å²) < 4.78 is 10.1. The second-order valence-corrected chi connectivity index (χ2v) is 5.22. The van der Waals surface area contributed by atoms with Gasteiger partial charge in [0, 0.05) is 6.54 Å². The second-order valence-electron chi connectivity index (χ2n) is 5.22. The molecule has 0 aromatic heterocycles. The molecule has 16 heavy (non-hydrogen) atoms. The standard InChI is InChI=1S/C12H23NO3/c1-12(2,3)16-11(14)15-10-9-13-7-5-4-6-8-13/h4-10H2,1-3H3. The molecule has 0 atom stereocenters. The maximum Gasteiger partial charge on any atom is 0.508 e. The highest BCUT2D eigenvalue weighted by Crippen LogP contribution is 2.09. The molecule has 1 fully saturated rings. The predicted octanol–water partition coefficient (Wildman–Crippen LogP) is 2.42. The van der Waals surface area contributed by atoms with E-state index in [0.717, 1.165) is 19.6 Å². The van der Waals surface area contributed by atoms with E-state index in [9.17, 15) is 4.79 Å². The quantitative estimate of drug-likeness (QED) is 0.697. The van der Waals surface area contributed by atoms with Crippen molar-refractivity contribution in [2.45, 2.75) is 45.6 Å². The van der Waals surface area contributed by atoms with Gasteiger partial charge in [0.2, 0.25) is 0 Å². The Morgan fingerprint density at radius 3 is 2.38 bits per heavy atom. The third kappa shape index (κ3) is 5.95. The van der Waals surface area contributed by atoms with Crippen molar-refractivity contribution in [3.63, 3.8) is 0 Å². The topological polar surface area (TPSA) is 38.8 Å². The van der Waals surface area contributed by atoms with Crippen molar-refractivity contribution in [1.29, 1.82) is 0 Å².